The number of rotatable bonds is 5. The number of hydrogen-bond acceptors (Lipinski definition) is 4. The number of nitriles is 1. The highest BCUT2D eigenvalue weighted by molar-refractivity contribution is 5.94. The number of carbonyl (C=O) groups is 2. The lowest BCUT2D eigenvalue weighted by Gasteiger charge is -2.26. The monoisotopic (exact) mass is 286 g/mol. The fraction of sp³-hybridized carbons (Fsp3) is 0.400. The van der Waals surface area contributed by atoms with E-state index in [1.807, 2.05) is 6.07 Å². The van der Waals surface area contributed by atoms with Crippen molar-refractivity contribution in [1.82, 2.24) is 15.5 Å². The molecule has 1 fully saturated rings. The van der Waals surface area contributed by atoms with Crippen LogP contribution in [0.5, 0.6) is 0 Å². The molecule has 0 spiro atoms. The lowest BCUT2D eigenvalue weighted by atomic mass is 10.1. The Balaban J connectivity index is 1.72. The highest BCUT2D eigenvalue weighted by Crippen LogP contribution is 2.04. The van der Waals surface area contributed by atoms with Gasteiger partial charge >= 0.3 is 0 Å². The third-order valence-electron chi connectivity index (χ3n) is 3.31. The predicted octanol–water partition coefficient (Wildman–Crippen LogP) is 0.110. The third-order valence-corrected chi connectivity index (χ3v) is 3.31. The number of nitrogens with one attached hydrogen (secondary N) is 2. The topological polar surface area (TPSA) is 85.2 Å². The molecule has 2 rings (SSSR count). The standard InChI is InChI=1S/C15H18N4O2/c16-10-12-3-1-4-13(9-12)15(21)18-5-2-7-19-8-6-17-14(20)11-19/h1,3-4,9H,2,5-8,11H2,(H,17,20)(H,18,21). The van der Waals surface area contributed by atoms with Crippen molar-refractivity contribution in [3.8, 4) is 6.07 Å². The van der Waals surface area contributed by atoms with Crippen LogP contribution in [0.3, 0.4) is 0 Å². The summed E-state index contributed by atoms with van der Waals surface area (Å²) in [5.41, 5.74) is 0.966. The van der Waals surface area contributed by atoms with Crippen molar-refractivity contribution in [3.63, 3.8) is 0 Å². The number of piperazine rings is 1. The Bertz CT molecular complexity index is 565. The maximum atomic E-state index is 11.9. The minimum absolute atomic E-state index is 0.0543. The van der Waals surface area contributed by atoms with Crippen molar-refractivity contribution in [2.45, 2.75) is 6.42 Å². The summed E-state index contributed by atoms with van der Waals surface area (Å²) in [6, 6.07) is 8.63. The molecule has 0 radical (unpaired) electrons. The molecular formula is C15H18N4O2. The highest BCUT2D eigenvalue weighted by atomic mass is 16.2. The summed E-state index contributed by atoms with van der Waals surface area (Å²) in [6.45, 7) is 3.30. The summed E-state index contributed by atoms with van der Waals surface area (Å²) in [7, 11) is 0. The van der Waals surface area contributed by atoms with Gasteiger partial charge in [-0.15, -0.1) is 0 Å². The molecular weight excluding hydrogens is 268 g/mol. The van der Waals surface area contributed by atoms with Crippen molar-refractivity contribution in [3.05, 3.63) is 35.4 Å². The Morgan fingerprint density at radius 3 is 3.10 bits per heavy atom. The molecule has 0 aliphatic carbocycles. The molecule has 0 bridgehead atoms. The fourth-order valence-corrected chi connectivity index (χ4v) is 2.22. The predicted molar refractivity (Wildman–Crippen MR) is 77.6 cm³/mol. The Kier molecular flexibility index (Phi) is 5.29. The molecule has 1 aromatic carbocycles. The summed E-state index contributed by atoms with van der Waals surface area (Å²) in [4.78, 5) is 25.2. The molecule has 110 valence electrons. The summed E-state index contributed by atoms with van der Waals surface area (Å²) in [6.07, 6.45) is 0.789. The first-order valence-corrected chi connectivity index (χ1v) is 6.96. The van der Waals surface area contributed by atoms with E-state index in [1.165, 1.54) is 0 Å². The normalized spacial score (nSPS) is 15.1. The van der Waals surface area contributed by atoms with Crippen molar-refractivity contribution in [2.24, 2.45) is 0 Å². The van der Waals surface area contributed by atoms with Gasteiger partial charge in [-0.2, -0.15) is 5.26 Å². The molecule has 1 aromatic rings. The minimum atomic E-state index is -0.177. The fourth-order valence-electron chi connectivity index (χ4n) is 2.22. The Labute approximate surface area is 123 Å². The Morgan fingerprint density at radius 1 is 1.48 bits per heavy atom. The van der Waals surface area contributed by atoms with Gasteiger partial charge in [0.2, 0.25) is 5.91 Å². The van der Waals surface area contributed by atoms with Crippen molar-refractivity contribution in [2.75, 3.05) is 32.7 Å². The molecule has 0 unspecified atom stereocenters. The number of nitrogens with zero attached hydrogens (tertiary/aromatic N) is 2. The molecule has 0 aromatic heterocycles. The average Bonchev–Trinajstić information content (AvgIpc) is 2.51. The van der Waals surface area contributed by atoms with Gasteiger partial charge in [-0.05, 0) is 24.6 Å². The minimum Gasteiger partial charge on any atom is -0.354 e. The van der Waals surface area contributed by atoms with Crippen LogP contribution in [0, 0.1) is 11.3 Å². The lowest BCUT2D eigenvalue weighted by Crippen LogP contribution is -2.48. The van der Waals surface area contributed by atoms with Crippen LogP contribution in [0.4, 0.5) is 0 Å². The van der Waals surface area contributed by atoms with E-state index in [2.05, 4.69) is 15.5 Å². The second kappa shape index (κ2) is 7.41. The van der Waals surface area contributed by atoms with Crippen LogP contribution in [0.1, 0.15) is 22.3 Å². The van der Waals surface area contributed by atoms with Crippen LogP contribution >= 0.6 is 0 Å². The molecule has 0 saturated carbocycles. The van der Waals surface area contributed by atoms with E-state index < -0.39 is 0 Å². The zero-order valence-corrected chi connectivity index (χ0v) is 11.8. The van der Waals surface area contributed by atoms with E-state index >= 15 is 0 Å². The first-order valence-electron chi connectivity index (χ1n) is 6.96. The first kappa shape index (κ1) is 15.0. The average molecular weight is 286 g/mol. The SMILES string of the molecule is N#Cc1cccc(C(=O)NCCCN2CCNC(=O)C2)c1. The van der Waals surface area contributed by atoms with Gasteiger partial charge in [0.05, 0.1) is 18.2 Å². The summed E-state index contributed by atoms with van der Waals surface area (Å²) in [5.74, 6) is -0.123. The van der Waals surface area contributed by atoms with Crippen molar-refractivity contribution < 1.29 is 9.59 Å². The maximum Gasteiger partial charge on any atom is 0.251 e. The van der Waals surface area contributed by atoms with Crippen LogP contribution in [0.25, 0.3) is 0 Å². The van der Waals surface area contributed by atoms with Gasteiger partial charge in [-0.25, -0.2) is 0 Å². The van der Waals surface area contributed by atoms with Crippen LogP contribution in [-0.4, -0.2) is 49.4 Å². The molecule has 1 heterocycles. The van der Waals surface area contributed by atoms with Gasteiger partial charge in [0.1, 0.15) is 0 Å². The third kappa shape index (κ3) is 4.58. The van der Waals surface area contributed by atoms with E-state index in [9.17, 15) is 9.59 Å². The molecule has 1 aliphatic rings. The second-order valence-electron chi connectivity index (χ2n) is 4.93. The quantitative estimate of drug-likeness (QED) is 0.752. The second-order valence-corrected chi connectivity index (χ2v) is 4.93. The Hall–Kier alpha value is -2.39. The van der Waals surface area contributed by atoms with Gasteiger partial charge < -0.3 is 10.6 Å². The smallest absolute Gasteiger partial charge is 0.251 e. The van der Waals surface area contributed by atoms with Crippen LogP contribution in [0.15, 0.2) is 24.3 Å². The zero-order chi connectivity index (χ0) is 15.1. The van der Waals surface area contributed by atoms with Crippen molar-refractivity contribution >= 4 is 11.8 Å². The van der Waals surface area contributed by atoms with Crippen LogP contribution < -0.4 is 10.6 Å². The largest absolute Gasteiger partial charge is 0.354 e. The molecule has 1 saturated heterocycles. The zero-order valence-electron chi connectivity index (χ0n) is 11.8. The highest BCUT2D eigenvalue weighted by Gasteiger charge is 2.15. The number of hydrogen-bond donors (Lipinski definition) is 2. The van der Waals surface area contributed by atoms with Crippen LogP contribution in [0.2, 0.25) is 0 Å². The van der Waals surface area contributed by atoms with E-state index in [4.69, 9.17) is 5.26 Å². The lowest BCUT2D eigenvalue weighted by molar-refractivity contribution is -0.124. The molecule has 0 atom stereocenters. The molecule has 21 heavy (non-hydrogen) atoms. The number of amides is 2. The van der Waals surface area contributed by atoms with E-state index in [0.29, 0.717) is 30.8 Å². The van der Waals surface area contributed by atoms with Gasteiger partial charge in [0.15, 0.2) is 0 Å². The van der Waals surface area contributed by atoms with E-state index in [0.717, 1.165) is 19.5 Å². The van der Waals surface area contributed by atoms with E-state index in [-0.39, 0.29) is 11.8 Å². The summed E-state index contributed by atoms with van der Waals surface area (Å²) >= 11 is 0. The van der Waals surface area contributed by atoms with Gasteiger partial charge in [-0.3, -0.25) is 14.5 Å². The Morgan fingerprint density at radius 2 is 2.33 bits per heavy atom. The summed E-state index contributed by atoms with van der Waals surface area (Å²) in [5, 5.41) is 14.4. The van der Waals surface area contributed by atoms with Crippen LogP contribution in [-0.2, 0) is 4.79 Å². The van der Waals surface area contributed by atoms with E-state index in [1.54, 1.807) is 24.3 Å². The van der Waals surface area contributed by atoms with Gasteiger partial charge in [-0.1, -0.05) is 6.07 Å². The molecule has 6 nitrogen and oxygen atoms in total. The number of carbonyl (C=O) groups excluding carboxylic acids is 2. The molecule has 2 amide bonds. The molecule has 2 N–H and O–H groups in total. The van der Waals surface area contributed by atoms with Crippen molar-refractivity contribution in [1.29, 1.82) is 5.26 Å². The first-order chi connectivity index (χ1) is 10.2. The molecule has 6 heteroatoms. The number of benzene rings is 1. The molecule has 1 aliphatic heterocycles. The van der Waals surface area contributed by atoms with Gasteiger partial charge in [0, 0.05) is 31.7 Å². The summed E-state index contributed by atoms with van der Waals surface area (Å²) < 4.78 is 0. The van der Waals surface area contributed by atoms with Gasteiger partial charge in [0.25, 0.3) is 5.91 Å². The maximum absolute atomic E-state index is 11.9.